The number of hydrogen-bond acceptors (Lipinski definition) is 3. The van der Waals surface area contributed by atoms with Crippen molar-refractivity contribution >= 4 is 5.96 Å². The van der Waals surface area contributed by atoms with E-state index >= 15 is 0 Å². The van der Waals surface area contributed by atoms with Crippen LogP contribution in [0.2, 0.25) is 0 Å². The predicted molar refractivity (Wildman–Crippen MR) is 123 cm³/mol. The zero-order valence-corrected chi connectivity index (χ0v) is 18.5. The van der Waals surface area contributed by atoms with E-state index in [1.807, 2.05) is 12.1 Å². The highest BCUT2D eigenvalue weighted by Gasteiger charge is 2.45. The van der Waals surface area contributed by atoms with E-state index in [0.717, 1.165) is 50.6 Å². The first-order valence-corrected chi connectivity index (χ1v) is 11.2. The summed E-state index contributed by atoms with van der Waals surface area (Å²) in [5.41, 5.74) is 3.23. The molecule has 0 spiro atoms. The molecule has 1 saturated heterocycles. The average Bonchev–Trinajstić information content (AvgIpc) is 3.55. The Morgan fingerprint density at radius 3 is 2.71 bits per heavy atom. The van der Waals surface area contributed by atoms with Crippen LogP contribution >= 0.6 is 0 Å². The summed E-state index contributed by atoms with van der Waals surface area (Å²) in [6, 6.07) is 15.8. The van der Waals surface area contributed by atoms with Crippen LogP contribution in [0.3, 0.4) is 0 Å². The molecule has 0 radical (unpaired) electrons. The number of ether oxygens (including phenoxy) is 1. The Labute approximate surface area is 184 Å². The Balaban J connectivity index is 1.29. The molecule has 2 aliphatic rings. The summed E-state index contributed by atoms with van der Waals surface area (Å²) >= 11 is 0. The highest BCUT2D eigenvalue weighted by Crippen LogP contribution is 2.48. The fraction of sp³-hybridized carbons (Fsp3) is 0.480. The van der Waals surface area contributed by atoms with Gasteiger partial charge in [-0.15, -0.1) is 0 Å². The van der Waals surface area contributed by atoms with Gasteiger partial charge in [0.25, 0.3) is 0 Å². The van der Waals surface area contributed by atoms with Crippen molar-refractivity contribution in [3.8, 4) is 0 Å². The van der Waals surface area contributed by atoms with Gasteiger partial charge >= 0.3 is 0 Å². The first-order chi connectivity index (χ1) is 15.1. The van der Waals surface area contributed by atoms with Gasteiger partial charge in [0.2, 0.25) is 0 Å². The molecule has 2 aromatic carbocycles. The summed E-state index contributed by atoms with van der Waals surface area (Å²) in [7, 11) is 1.77. The molecule has 2 aromatic rings. The molecule has 5 nitrogen and oxygen atoms in total. The van der Waals surface area contributed by atoms with E-state index in [9.17, 15) is 4.39 Å². The molecule has 4 rings (SSSR count). The van der Waals surface area contributed by atoms with Gasteiger partial charge in [0, 0.05) is 45.2 Å². The maximum absolute atomic E-state index is 14.2. The number of aliphatic imine (C=N–C) groups is 1. The minimum atomic E-state index is -0.115. The summed E-state index contributed by atoms with van der Waals surface area (Å²) in [4.78, 5) is 6.80. The monoisotopic (exact) mass is 424 g/mol. The molecule has 2 N–H and O–H groups in total. The summed E-state index contributed by atoms with van der Waals surface area (Å²) < 4.78 is 19.9. The molecular weight excluding hydrogens is 391 g/mol. The average molecular weight is 425 g/mol. The van der Waals surface area contributed by atoms with Crippen LogP contribution in [0.4, 0.5) is 4.39 Å². The number of guanidine groups is 1. The van der Waals surface area contributed by atoms with Crippen LogP contribution in [-0.4, -0.2) is 50.3 Å². The van der Waals surface area contributed by atoms with E-state index in [2.05, 4.69) is 51.7 Å². The largest absolute Gasteiger partial charge is 0.376 e. The molecule has 1 heterocycles. The van der Waals surface area contributed by atoms with Crippen molar-refractivity contribution in [2.24, 2.45) is 4.99 Å². The quantitative estimate of drug-likeness (QED) is 0.528. The Kier molecular flexibility index (Phi) is 6.88. The molecular formula is C25H33FN4O. The van der Waals surface area contributed by atoms with Crippen LogP contribution < -0.4 is 10.6 Å². The summed E-state index contributed by atoms with van der Waals surface area (Å²) in [5, 5.41) is 6.81. The van der Waals surface area contributed by atoms with Crippen LogP contribution in [0.1, 0.15) is 36.5 Å². The smallest absolute Gasteiger partial charge is 0.191 e. The summed E-state index contributed by atoms with van der Waals surface area (Å²) in [6.07, 6.45) is 2.30. The van der Waals surface area contributed by atoms with Gasteiger partial charge in [0.1, 0.15) is 5.82 Å². The number of morpholine rings is 1. The van der Waals surface area contributed by atoms with E-state index < -0.39 is 0 Å². The van der Waals surface area contributed by atoms with Crippen LogP contribution in [0, 0.1) is 5.82 Å². The number of hydrogen-bond donors (Lipinski definition) is 2. The second-order valence-electron chi connectivity index (χ2n) is 8.78. The zero-order chi connectivity index (χ0) is 21.7. The van der Waals surface area contributed by atoms with Gasteiger partial charge in [-0.3, -0.25) is 9.89 Å². The lowest BCUT2D eigenvalue weighted by Gasteiger charge is -2.31. The van der Waals surface area contributed by atoms with Crippen molar-refractivity contribution < 1.29 is 9.13 Å². The maximum Gasteiger partial charge on any atom is 0.191 e. The number of nitrogens with one attached hydrogen (secondary N) is 2. The summed E-state index contributed by atoms with van der Waals surface area (Å²) in [6.45, 7) is 7.21. The number of benzene rings is 2. The van der Waals surface area contributed by atoms with E-state index in [0.29, 0.717) is 19.2 Å². The van der Waals surface area contributed by atoms with E-state index in [4.69, 9.17) is 4.74 Å². The van der Waals surface area contributed by atoms with Crippen molar-refractivity contribution in [1.82, 2.24) is 15.5 Å². The first kappa shape index (κ1) is 21.8. The normalized spacial score (nSPS) is 21.0. The van der Waals surface area contributed by atoms with Crippen LogP contribution in [-0.2, 0) is 23.2 Å². The van der Waals surface area contributed by atoms with Crippen molar-refractivity contribution in [3.05, 3.63) is 71.0 Å². The molecule has 1 atom stereocenters. The van der Waals surface area contributed by atoms with E-state index in [1.165, 1.54) is 11.1 Å². The van der Waals surface area contributed by atoms with Crippen LogP contribution in [0.25, 0.3) is 0 Å². The highest BCUT2D eigenvalue weighted by atomic mass is 19.1. The second kappa shape index (κ2) is 9.79. The lowest BCUT2D eigenvalue weighted by atomic mass is 9.95. The predicted octanol–water partition coefficient (Wildman–Crippen LogP) is 3.44. The van der Waals surface area contributed by atoms with Gasteiger partial charge in [-0.1, -0.05) is 42.5 Å². The van der Waals surface area contributed by atoms with Crippen LogP contribution in [0.5, 0.6) is 0 Å². The van der Waals surface area contributed by atoms with Gasteiger partial charge in [-0.05, 0) is 42.5 Å². The molecule has 0 aromatic heterocycles. The lowest BCUT2D eigenvalue weighted by molar-refractivity contribution is -0.0212. The highest BCUT2D eigenvalue weighted by molar-refractivity contribution is 5.79. The van der Waals surface area contributed by atoms with Crippen molar-refractivity contribution in [2.45, 2.75) is 44.4 Å². The SMILES string of the molecule is CN=C(NCc1cccc(CN2CCOC(C)C2)c1)NCC1(c2ccccc2F)CC1. The number of halogens is 1. The molecule has 1 unspecified atom stereocenters. The Morgan fingerprint density at radius 1 is 1.16 bits per heavy atom. The van der Waals surface area contributed by atoms with E-state index in [-0.39, 0.29) is 11.2 Å². The fourth-order valence-corrected chi connectivity index (χ4v) is 4.37. The van der Waals surface area contributed by atoms with Crippen molar-refractivity contribution in [3.63, 3.8) is 0 Å². The molecule has 0 amide bonds. The van der Waals surface area contributed by atoms with Crippen molar-refractivity contribution in [2.75, 3.05) is 33.3 Å². The van der Waals surface area contributed by atoms with Gasteiger partial charge in [-0.25, -0.2) is 4.39 Å². The van der Waals surface area contributed by atoms with Crippen molar-refractivity contribution in [1.29, 1.82) is 0 Å². The third kappa shape index (κ3) is 5.63. The molecule has 1 aliphatic heterocycles. The Hall–Kier alpha value is -2.44. The number of rotatable bonds is 7. The molecule has 1 saturated carbocycles. The van der Waals surface area contributed by atoms with E-state index in [1.54, 1.807) is 19.2 Å². The third-order valence-corrected chi connectivity index (χ3v) is 6.30. The minimum Gasteiger partial charge on any atom is -0.376 e. The standard InChI is InChI=1S/C25H33FN4O/c1-19-16-30(12-13-31-19)17-21-7-5-6-20(14-21)15-28-24(27-2)29-18-25(10-11-25)22-8-3-4-9-23(22)26/h3-9,14,19H,10-13,15-18H2,1-2H3,(H2,27,28,29). The molecule has 2 fully saturated rings. The van der Waals surface area contributed by atoms with Gasteiger partial charge in [0.05, 0.1) is 12.7 Å². The van der Waals surface area contributed by atoms with Gasteiger partial charge < -0.3 is 15.4 Å². The molecule has 0 bridgehead atoms. The van der Waals surface area contributed by atoms with Gasteiger partial charge in [0.15, 0.2) is 5.96 Å². The Bertz CT molecular complexity index is 912. The zero-order valence-electron chi connectivity index (χ0n) is 18.5. The van der Waals surface area contributed by atoms with Gasteiger partial charge in [-0.2, -0.15) is 0 Å². The molecule has 1 aliphatic carbocycles. The topological polar surface area (TPSA) is 48.9 Å². The number of nitrogens with zero attached hydrogens (tertiary/aromatic N) is 2. The first-order valence-electron chi connectivity index (χ1n) is 11.2. The molecule has 166 valence electrons. The Morgan fingerprint density at radius 2 is 1.97 bits per heavy atom. The summed E-state index contributed by atoms with van der Waals surface area (Å²) in [5.74, 6) is 0.631. The van der Waals surface area contributed by atoms with Crippen LogP contribution in [0.15, 0.2) is 53.5 Å². The third-order valence-electron chi connectivity index (χ3n) is 6.30. The molecule has 31 heavy (non-hydrogen) atoms. The fourth-order valence-electron chi connectivity index (χ4n) is 4.37. The maximum atomic E-state index is 14.2. The molecule has 6 heteroatoms. The minimum absolute atomic E-state index is 0.113. The lowest BCUT2D eigenvalue weighted by Crippen LogP contribution is -2.41. The second-order valence-corrected chi connectivity index (χ2v) is 8.78.